The van der Waals surface area contributed by atoms with Gasteiger partial charge in [0.25, 0.3) is 0 Å². The molecule has 3 nitrogen and oxygen atoms in total. The number of hydrogen-bond donors (Lipinski definition) is 1. The number of carboxylic acid groups (broad SMARTS) is 1. The Hall–Kier alpha value is -2.71. The van der Waals surface area contributed by atoms with E-state index in [0.717, 1.165) is 42.3 Å². The van der Waals surface area contributed by atoms with E-state index in [1.807, 2.05) is 18.2 Å². The lowest BCUT2D eigenvalue weighted by Gasteiger charge is -2.28. The largest absolute Gasteiger partial charge is 0.481 e. The van der Waals surface area contributed by atoms with Gasteiger partial charge in [0.1, 0.15) is 0 Å². The second kappa shape index (κ2) is 7.45. The maximum absolute atomic E-state index is 13.6. The third-order valence-corrected chi connectivity index (χ3v) is 4.23. The highest BCUT2D eigenvalue weighted by atomic mass is 19.2. The molecule has 0 aliphatic carbocycles. The van der Waals surface area contributed by atoms with Crippen LogP contribution in [0.25, 0.3) is 0 Å². The summed E-state index contributed by atoms with van der Waals surface area (Å²) < 4.78 is 26.8. The van der Waals surface area contributed by atoms with Crippen LogP contribution >= 0.6 is 0 Å². The van der Waals surface area contributed by atoms with E-state index < -0.39 is 17.6 Å². The van der Waals surface area contributed by atoms with E-state index in [9.17, 15) is 13.6 Å². The lowest BCUT2D eigenvalue weighted by atomic mass is 9.97. The summed E-state index contributed by atoms with van der Waals surface area (Å²) in [6, 6.07) is 9.73. The highest BCUT2D eigenvalue weighted by Gasteiger charge is 2.16. The fourth-order valence-corrected chi connectivity index (χ4v) is 2.87. The Morgan fingerprint density at radius 2 is 2.00 bits per heavy atom. The zero-order valence-corrected chi connectivity index (χ0v) is 13.6. The van der Waals surface area contributed by atoms with E-state index in [1.165, 1.54) is 12.1 Å². The monoisotopic (exact) mass is 341 g/mol. The molecule has 0 saturated heterocycles. The van der Waals surface area contributed by atoms with Gasteiger partial charge in [-0.05, 0) is 41.8 Å². The molecule has 1 aliphatic heterocycles. The highest BCUT2D eigenvalue weighted by molar-refractivity contribution is 5.66. The molecule has 25 heavy (non-hydrogen) atoms. The minimum Gasteiger partial charge on any atom is -0.481 e. The molecule has 0 bridgehead atoms. The Labute approximate surface area is 144 Å². The molecule has 128 valence electrons. The Morgan fingerprint density at radius 3 is 2.80 bits per heavy atom. The van der Waals surface area contributed by atoms with Crippen LogP contribution in [-0.4, -0.2) is 29.1 Å². The van der Waals surface area contributed by atoms with Crippen LogP contribution in [0.4, 0.5) is 8.78 Å². The molecule has 3 rings (SSSR count). The number of fused-ring (bicyclic) bond motifs is 1. The van der Waals surface area contributed by atoms with E-state index >= 15 is 0 Å². The van der Waals surface area contributed by atoms with E-state index in [-0.39, 0.29) is 12.0 Å². The lowest BCUT2D eigenvalue weighted by molar-refractivity contribution is -0.137. The summed E-state index contributed by atoms with van der Waals surface area (Å²) in [5.41, 5.74) is 3.11. The first-order chi connectivity index (χ1) is 12.0. The first-order valence-corrected chi connectivity index (χ1v) is 8.05. The third-order valence-electron chi connectivity index (χ3n) is 4.23. The van der Waals surface area contributed by atoms with Crippen LogP contribution in [0.1, 0.15) is 28.7 Å². The van der Waals surface area contributed by atoms with Crippen LogP contribution in [0, 0.1) is 23.5 Å². The molecule has 5 heteroatoms. The number of rotatable bonds is 3. The molecule has 2 aromatic carbocycles. The second-order valence-corrected chi connectivity index (χ2v) is 6.00. The van der Waals surface area contributed by atoms with Crippen molar-refractivity contribution in [2.45, 2.75) is 19.4 Å². The summed E-state index contributed by atoms with van der Waals surface area (Å²) in [5.74, 6) is 2.94. The van der Waals surface area contributed by atoms with Gasteiger partial charge in [0, 0.05) is 25.2 Å². The summed E-state index contributed by atoms with van der Waals surface area (Å²) in [7, 11) is 0. The molecular formula is C20H17F2NO2. The molecule has 0 saturated carbocycles. The normalized spacial score (nSPS) is 13.7. The van der Waals surface area contributed by atoms with E-state index in [4.69, 9.17) is 5.11 Å². The van der Waals surface area contributed by atoms with Crippen LogP contribution in [-0.2, 0) is 17.8 Å². The molecule has 2 aromatic rings. The van der Waals surface area contributed by atoms with Crippen molar-refractivity contribution >= 4 is 5.97 Å². The molecular weight excluding hydrogens is 324 g/mol. The maximum atomic E-state index is 13.6. The minimum absolute atomic E-state index is 0.0394. The lowest BCUT2D eigenvalue weighted by Crippen LogP contribution is -2.32. The summed E-state index contributed by atoms with van der Waals surface area (Å²) in [5, 5.41) is 8.77. The van der Waals surface area contributed by atoms with Crippen molar-refractivity contribution in [3.63, 3.8) is 0 Å². The average molecular weight is 341 g/mol. The molecule has 1 N–H and O–H groups in total. The highest BCUT2D eigenvalue weighted by Crippen LogP contribution is 2.20. The first-order valence-electron chi connectivity index (χ1n) is 8.05. The number of nitrogens with zero attached hydrogens (tertiary/aromatic N) is 1. The predicted molar refractivity (Wildman–Crippen MR) is 90.0 cm³/mol. The number of carboxylic acids is 1. The zero-order chi connectivity index (χ0) is 17.8. The second-order valence-electron chi connectivity index (χ2n) is 6.00. The van der Waals surface area contributed by atoms with Crippen molar-refractivity contribution in [1.29, 1.82) is 0 Å². The molecule has 0 aromatic heterocycles. The Bertz CT molecular complexity index is 868. The first kappa shape index (κ1) is 17.1. The van der Waals surface area contributed by atoms with Gasteiger partial charge in [0.05, 0.1) is 12.0 Å². The quantitative estimate of drug-likeness (QED) is 0.872. The summed E-state index contributed by atoms with van der Waals surface area (Å²) in [4.78, 5) is 12.8. The fraction of sp³-hybridized carbons (Fsp3) is 0.250. The SMILES string of the molecule is O=C(O)CCN1CCc2cc(C#Cc3cccc(F)c3F)ccc2C1. The molecule has 0 spiro atoms. The van der Waals surface area contributed by atoms with Crippen molar-refractivity contribution in [2.75, 3.05) is 13.1 Å². The standard InChI is InChI=1S/C20H17F2NO2/c21-18-3-1-2-15(20(18)22)6-4-14-5-7-17-13-23(11-9-19(24)25)10-8-16(17)12-14/h1-3,5,7,12H,8-11,13H2,(H,24,25). The number of benzene rings is 2. The van der Waals surface area contributed by atoms with Crippen molar-refractivity contribution in [3.05, 3.63) is 70.3 Å². The number of halogens is 2. The predicted octanol–water partition coefficient (Wildman–Crippen LogP) is 3.20. The minimum atomic E-state index is -0.929. The van der Waals surface area contributed by atoms with Gasteiger partial charge in [0.15, 0.2) is 11.6 Å². The summed E-state index contributed by atoms with van der Waals surface area (Å²) in [6.45, 7) is 2.06. The molecule has 0 amide bonds. The smallest absolute Gasteiger partial charge is 0.304 e. The van der Waals surface area contributed by atoms with E-state index in [1.54, 1.807) is 0 Å². The Kier molecular flexibility index (Phi) is 5.11. The molecule has 0 radical (unpaired) electrons. The third kappa shape index (κ3) is 4.23. The molecule has 0 fully saturated rings. The van der Waals surface area contributed by atoms with E-state index in [2.05, 4.69) is 16.7 Å². The molecule has 1 aliphatic rings. The number of aliphatic carboxylic acids is 1. The molecule has 0 unspecified atom stereocenters. The number of carbonyl (C=O) groups is 1. The fourth-order valence-electron chi connectivity index (χ4n) is 2.87. The average Bonchev–Trinajstić information content (AvgIpc) is 2.61. The van der Waals surface area contributed by atoms with Gasteiger partial charge < -0.3 is 5.11 Å². The van der Waals surface area contributed by atoms with Crippen molar-refractivity contribution in [1.82, 2.24) is 4.90 Å². The Balaban J connectivity index is 1.74. The van der Waals surface area contributed by atoms with Crippen LogP contribution in [0.5, 0.6) is 0 Å². The van der Waals surface area contributed by atoms with Gasteiger partial charge in [0.2, 0.25) is 0 Å². The summed E-state index contributed by atoms with van der Waals surface area (Å²) >= 11 is 0. The van der Waals surface area contributed by atoms with Crippen LogP contribution in [0.2, 0.25) is 0 Å². The van der Waals surface area contributed by atoms with Gasteiger partial charge in [-0.15, -0.1) is 0 Å². The topological polar surface area (TPSA) is 40.5 Å². The molecule has 0 atom stereocenters. The number of hydrogen-bond acceptors (Lipinski definition) is 2. The van der Waals surface area contributed by atoms with Gasteiger partial charge in [-0.1, -0.05) is 24.0 Å². The van der Waals surface area contributed by atoms with Crippen molar-refractivity contribution < 1.29 is 18.7 Å². The zero-order valence-electron chi connectivity index (χ0n) is 13.6. The van der Waals surface area contributed by atoms with E-state index in [0.29, 0.717) is 6.54 Å². The maximum Gasteiger partial charge on any atom is 0.304 e. The Morgan fingerprint density at radius 1 is 1.16 bits per heavy atom. The van der Waals surface area contributed by atoms with Gasteiger partial charge in [-0.2, -0.15) is 0 Å². The van der Waals surface area contributed by atoms with Crippen LogP contribution < -0.4 is 0 Å². The van der Waals surface area contributed by atoms with Crippen molar-refractivity contribution in [3.8, 4) is 11.8 Å². The van der Waals surface area contributed by atoms with Gasteiger partial charge in [-0.25, -0.2) is 8.78 Å². The van der Waals surface area contributed by atoms with Crippen LogP contribution in [0.15, 0.2) is 36.4 Å². The van der Waals surface area contributed by atoms with Gasteiger partial charge in [-0.3, -0.25) is 9.69 Å². The van der Waals surface area contributed by atoms with Gasteiger partial charge >= 0.3 is 5.97 Å². The van der Waals surface area contributed by atoms with Crippen LogP contribution in [0.3, 0.4) is 0 Å². The van der Waals surface area contributed by atoms with Crippen molar-refractivity contribution in [2.24, 2.45) is 0 Å². The molecule has 1 heterocycles. The summed E-state index contributed by atoms with van der Waals surface area (Å²) in [6.07, 6.45) is 0.955.